The highest BCUT2D eigenvalue weighted by atomic mass is 35.5. The maximum Gasteiger partial charge on any atom is 0.323 e. The first-order chi connectivity index (χ1) is 14.5. The number of benzene rings is 2. The average molecular weight is 418 g/mol. The fraction of sp³-hybridized carbons (Fsp3) is 0.174. The Bertz CT molecular complexity index is 1310. The number of halogens is 2. The molecule has 1 N–H and O–H groups in total. The van der Waals surface area contributed by atoms with Gasteiger partial charge in [-0.25, -0.2) is 4.39 Å². The number of H-pyrrole nitrogens is 1. The van der Waals surface area contributed by atoms with Gasteiger partial charge in [0, 0.05) is 28.2 Å². The summed E-state index contributed by atoms with van der Waals surface area (Å²) in [5, 5.41) is 1.80. The summed E-state index contributed by atoms with van der Waals surface area (Å²) in [6, 6.07) is 14.0. The second-order valence-electron chi connectivity index (χ2n) is 7.42. The maximum absolute atomic E-state index is 13.8. The second kappa shape index (κ2) is 7.12. The number of aryl methyl sites for hydroxylation is 1. The van der Waals surface area contributed by atoms with E-state index in [1.165, 1.54) is 5.56 Å². The molecule has 1 atom stereocenters. The molecule has 1 aliphatic rings. The molecule has 5 nitrogen and oxygen atoms in total. The van der Waals surface area contributed by atoms with Crippen LogP contribution in [0.1, 0.15) is 28.4 Å². The van der Waals surface area contributed by atoms with Crippen LogP contribution in [-0.2, 0) is 6.42 Å². The molecule has 148 valence electrons. The van der Waals surface area contributed by atoms with Crippen molar-refractivity contribution in [3.8, 4) is 0 Å². The monoisotopic (exact) mass is 417 g/mol. The van der Waals surface area contributed by atoms with Gasteiger partial charge in [-0.15, -0.1) is 0 Å². The van der Waals surface area contributed by atoms with Crippen LogP contribution in [0.25, 0.3) is 15.7 Å². The van der Waals surface area contributed by atoms with Crippen LogP contribution >= 0.6 is 11.6 Å². The van der Waals surface area contributed by atoms with Crippen LogP contribution in [0.15, 0.2) is 48.7 Å². The number of hydrogen-bond donors (Lipinski definition) is 1. The number of aromatic amines is 1. The van der Waals surface area contributed by atoms with Gasteiger partial charge in [0.2, 0.25) is 0 Å². The van der Waals surface area contributed by atoms with Gasteiger partial charge >= 0.3 is 11.8 Å². The van der Waals surface area contributed by atoms with Crippen LogP contribution in [0, 0.1) is 19.3 Å². The zero-order chi connectivity index (χ0) is 20.8. The van der Waals surface area contributed by atoms with E-state index in [4.69, 9.17) is 18.2 Å². The molecular formula is C23H17ClFN5. The molecule has 0 spiro atoms. The Morgan fingerprint density at radius 2 is 2.03 bits per heavy atom. The Kier molecular flexibility index (Phi) is 4.41. The zero-order valence-electron chi connectivity index (χ0n) is 16.2. The number of hydrogen-bond acceptors (Lipinski definition) is 3. The summed E-state index contributed by atoms with van der Waals surface area (Å²) in [7, 11) is 0. The van der Waals surface area contributed by atoms with Crippen molar-refractivity contribution in [1.29, 1.82) is 0 Å². The third-order valence-electron chi connectivity index (χ3n) is 5.56. The normalized spacial score (nSPS) is 15.8. The molecule has 2 aromatic carbocycles. The predicted octanol–water partition coefficient (Wildman–Crippen LogP) is 5.76. The lowest BCUT2D eigenvalue weighted by molar-refractivity contribution is 0.602. The molecule has 0 aliphatic carbocycles. The summed E-state index contributed by atoms with van der Waals surface area (Å²) in [6.07, 6.45) is 1.83. The van der Waals surface area contributed by atoms with Crippen molar-refractivity contribution in [2.45, 2.75) is 19.4 Å². The first-order valence-corrected chi connectivity index (χ1v) is 9.96. The maximum atomic E-state index is 13.8. The van der Waals surface area contributed by atoms with Gasteiger partial charge in [0.05, 0.1) is 12.2 Å². The molecule has 2 aromatic heterocycles. The van der Waals surface area contributed by atoms with E-state index < -0.39 is 5.82 Å². The third kappa shape index (κ3) is 2.99. The number of anilines is 1. The van der Waals surface area contributed by atoms with Gasteiger partial charge in [-0.05, 0) is 42.7 Å². The van der Waals surface area contributed by atoms with Crippen LogP contribution in [-0.4, -0.2) is 21.5 Å². The summed E-state index contributed by atoms with van der Waals surface area (Å²) < 4.78 is 13.8. The number of aromatic nitrogens is 3. The molecule has 0 saturated carbocycles. The van der Waals surface area contributed by atoms with Crippen molar-refractivity contribution in [2.75, 3.05) is 11.4 Å². The topological polar surface area (TPSA) is 49.2 Å². The summed E-state index contributed by atoms with van der Waals surface area (Å²) in [5.41, 5.74) is 5.50. The molecule has 7 heteroatoms. The predicted molar refractivity (Wildman–Crippen MR) is 116 cm³/mol. The molecule has 5 rings (SSSR count). The van der Waals surface area contributed by atoms with E-state index in [2.05, 4.69) is 44.1 Å². The van der Waals surface area contributed by atoms with Crippen molar-refractivity contribution in [2.24, 2.45) is 0 Å². The lowest BCUT2D eigenvalue weighted by Gasteiger charge is -2.34. The molecule has 0 amide bonds. The Labute approximate surface area is 178 Å². The van der Waals surface area contributed by atoms with E-state index in [0.717, 1.165) is 40.3 Å². The standard InChI is InChI=1S/C23H17ClFN5/c1-13-3-5-14(6-4-13)21-20-16(17-11-15(24)7-8-19(17)28-20)9-10-30(21)23-27-12-18(25)22(26-2)29-23/h3-8,11-12,21,28H,9-10H2,1H3/t21-/m0/s1. The van der Waals surface area contributed by atoms with Crippen LogP contribution < -0.4 is 4.90 Å². The summed E-state index contributed by atoms with van der Waals surface area (Å²) in [5.74, 6) is -0.634. The first-order valence-electron chi connectivity index (χ1n) is 9.58. The molecule has 0 fully saturated rings. The highest BCUT2D eigenvalue weighted by molar-refractivity contribution is 6.31. The van der Waals surface area contributed by atoms with Crippen molar-refractivity contribution in [1.82, 2.24) is 15.0 Å². The zero-order valence-corrected chi connectivity index (χ0v) is 16.9. The van der Waals surface area contributed by atoms with Gasteiger partial charge in [0.1, 0.15) is 0 Å². The molecule has 30 heavy (non-hydrogen) atoms. The molecule has 0 bridgehead atoms. The molecule has 3 heterocycles. The average Bonchev–Trinajstić information content (AvgIpc) is 3.12. The molecular weight excluding hydrogens is 401 g/mol. The largest absolute Gasteiger partial charge is 0.358 e. The van der Waals surface area contributed by atoms with E-state index in [1.54, 1.807) is 0 Å². The Balaban J connectivity index is 1.71. The third-order valence-corrected chi connectivity index (χ3v) is 5.79. The Morgan fingerprint density at radius 1 is 1.23 bits per heavy atom. The molecule has 1 aliphatic heterocycles. The van der Waals surface area contributed by atoms with Crippen molar-refractivity contribution in [3.63, 3.8) is 0 Å². The van der Waals surface area contributed by atoms with E-state index in [1.807, 2.05) is 30.0 Å². The van der Waals surface area contributed by atoms with Crippen molar-refractivity contribution < 1.29 is 4.39 Å². The van der Waals surface area contributed by atoms with E-state index in [9.17, 15) is 4.39 Å². The Morgan fingerprint density at radius 3 is 2.80 bits per heavy atom. The lowest BCUT2D eigenvalue weighted by Crippen LogP contribution is -2.37. The molecule has 0 saturated heterocycles. The number of nitrogens with one attached hydrogen (secondary N) is 1. The summed E-state index contributed by atoms with van der Waals surface area (Å²) in [4.78, 5) is 17.2. The highest BCUT2D eigenvalue weighted by Gasteiger charge is 2.35. The van der Waals surface area contributed by atoms with Gasteiger partial charge in [0.25, 0.3) is 0 Å². The molecule has 0 unspecified atom stereocenters. The number of rotatable bonds is 2. The summed E-state index contributed by atoms with van der Waals surface area (Å²) >= 11 is 6.25. The Hall–Kier alpha value is -3.43. The fourth-order valence-electron chi connectivity index (χ4n) is 4.14. The number of fused-ring (bicyclic) bond motifs is 3. The smallest absolute Gasteiger partial charge is 0.323 e. The van der Waals surface area contributed by atoms with Gasteiger partial charge in [-0.1, -0.05) is 53.0 Å². The lowest BCUT2D eigenvalue weighted by atomic mass is 9.92. The van der Waals surface area contributed by atoms with Crippen LogP contribution in [0.2, 0.25) is 5.02 Å². The van der Waals surface area contributed by atoms with Gasteiger partial charge in [0.15, 0.2) is 5.82 Å². The second-order valence-corrected chi connectivity index (χ2v) is 7.85. The van der Waals surface area contributed by atoms with E-state index in [-0.39, 0.29) is 11.9 Å². The number of nitrogens with zero attached hydrogens (tertiary/aromatic N) is 4. The summed E-state index contributed by atoms with van der Waals surface area (Å²) in [6.45, 7) is 9.88. The fourth-order valence-corrected chi connectivity index (χ4v) is 4.31. The minimum Gasteiger partial charge on any atom is -0.358 e. The minimum atomic E-state index is -0.710. The van der Waals surface area contributed by atoms with Gasteiger partial charge < -0.3 is 14.7 Å². The first kappa shape index (κ1) is 18.6. The van der Waals surface area contributed by atoms with Gasteiger partial charge in [-0.2, -0.15) is 4.98 Å². The highest BCUT2D eigenvalue weighted by Crippen LogP contribution is 2.40. The molecule has 4 aromatic rings. The molecule has 0 radical (unpaired) electrons. The van der Waals surface area contributed by atoms with Crippen molar-refractivity contribution >= 4 is 34.3 Å². The van der Waals surface area contributed by atoms with Gasteiger partial charge in [-0.3, -0.25) is 0 Å². The minimum absolute atomic E-state index is 0.190. The SMILES string of the molecule is [C-]#[N+]c1nc(N2CCc3c([nH]c4ccc(Cl)cc34)[C@@H]2c2ccc(C)cc2)ncc1F. The van der Waals surface area contributed by atoms with Crippen molar-refractivity contribution in [3.05, 3.63) is 93.3 Å². The van der Waals surface area contributed by atoms with Crippen LogP contribution in [0.5, 0.6) is 0 Å². The van der Waals surface area contributed by atoms with Crippen LogP contribution in [0.3, 0.4) is 0 Å². The quantitative estimate of drug-likeness (QED) is 0.422. The van der Waals surface area contributed by atoms with E-state index >= 15 is 0 Å². The van der Waals surface area contributed by atoms with Crippen LogP contribution in [0.4, 0.5) is 16.2 Å². The van der Waals surface area contributed by atoms with E-state index in [0.29, 0.717) is 17.5 Å².